The zero-order valence-corrected chi connectivity index (χ0v) is 10.1. The number of aryl methyl sites for hydroxylation is 1. The van der Waals surface area contributed by atoms with E-state index < -0.39 is 0 Å². The molecule has 2 aliphatic rings. The maximum Gasteiger partial charge on any atom is 0.234 e. The molecule has 1 amide bonds. The molecular formula is C14H18N2O. The molecule has 1 fully saturated rings. The lowest BCUT2D eigenvalue weighted by molar-refractivity contribution is -0.120. The van der Waals surface area contributed by atoms with Crippen molar-refractivity contribution < 1.29 is 4.79 Å². The van der Waals surface area contributed by atoms with E-state index in [2.05, 4.69) is 34.9 Å². The molecule has 0 aromatic heterocycles. The number of nitrogens with one attached hydrogen (secondary N) is 2. The maximum absolute atomic E-state index is 11.6. The fourth-order valence-corrected chi connectivity index (χ4v) is 3.16. The maximum atomic E-state index is 11.6. The Kier molecular flexibility index (Phi) is 2.63. The van der Waals surface area contributed by atoms with E-state index in [0.717, 1.165) is 6.42 Å². The Balaban J connectivity index is 1.72. The number of amides is 1. The highest BCUT2D eigenvalue weighted by molar-refractivity contribution is 5.79. The molecular weight excluding hydrogens is 212 g/mol. The number of hydrogen-bond acceptors (Lipinski definition) is 2. The highest BCUT2D eigenvalue weighted by Crippen LogP contribution is 2.54. The Labute approximate surface area is 102 Å². The third-order valence-electron chi connectivity index (χ3n) is 3.99. The van der Waals surface area contributed by atoms with Gasteiger partial charge in [-0.15, -0.1) is 0 Å². The lowest BCUT2D eigenvalue weighted by Gasteiger charge is -2.13. The van der Waals surface area contributed by atoms with Gasteiger partial charge in [-0.25, -0.2) is 0 Å². The van der Waals surface area contributed by atoms with E-state index in [1.807, 2.05) is 0 Å². The van der Waals surface area contributed by atoms with Crippen LogP contribution in [0.1, 0.15) is 23.5 Å². The molecule has 0 spiro atoms. The van der Waals surface area contributed by atoms with E-state index in [9.17, 15) is 4.79 Å². The molecule has 3 heteroatoms. The zero-order chi connectivity index (χ0) is 11.8. The van der Waals surface area contributed by atoms with Crippen LogP contribution in [-0.2, 0) is 11.2 Å². The first kappa shape index (κ1) is 10.8. The first-order chi connectivity index (χ1) is 8.31. The summed E-state index contributed by atoms with van der Waals surface area (Å²) in [6.07, 6.45) is 2.38. The van der Waals surface area contributed by atoms with E-state index in [-0.39, 0.29) is 5.91 Å². The third-order valence-corrected chi connectivity index (χ3v) is 3.99. The number of hydrogen-bond donors (Lipinski definition) is 2. The summed E-state index contributed by atoms with van der Waals surface area (Å²) >= 11 is 0. The molecule has 1 aromatic rings. The van der Waals surface area contributed by atoms with E-state index >= 15 is 0 Å². The van der Waals surface area contributed by atoms with Crippen LogP contribution >= 0.6 is 0 Å². The topological polar surface area (TPSA) is 41.1 Å². The van der Waals surface area contributed by atoms with Gasteiger partial charge in [0.25, 0.3) is 0 Å². The number of carbonyl (C=O) groups is 1. The predicted molar refractivity (Wildman–Crippen MR) is 66.9 cm³/mol. The molecule has 0 saturated heterocycles. The average Bonchev–Trinajstić information content (AvgIpc) is 3.03. The Morgan fingerprint density at radius 3 is 3.06 bits per heavy atom. The number of benzene rings is 1. The predicted octanol–water partition coefficient (Wildman–Crippen LogP) is 1.05. The fraction of sp³-hybridized carbons (Fsp3) is 0.500. The largest absolute Gasteiger partial charge is 0.351 e. The summed E-state index contributed by atoms with van der Waals surface area (Å²) in [7, 11) is 1.80. The van der Waals surface area contributed by atoms with Crippen molar-refractivity contribution >= 4 is 5.91 Å². The van der Waals surface area contributed by atoms with Gasteiger partial charge in [0.2, 0.25) is 5.91 Å². The standard InChI is InChI=1S/C14H18N2O/c1-15-8-12(17)16-14-11-7-6-9-4-2-3-5-10(9)13(11)14/h2-5,11,13-15H,6-8H2,1H3,(H,16,17). The highest BCUT2D eigenvalue weighted by Gasteiger charge is 2.53. The summed E-state index contributed by atoms with van der Waals surface area (Å²) in [6.45, 7) is 0.414. The normalized spacial score (nSPS) is 29.1. The molecule has 2 aliphatic carbocycles. The van der Waals surface area contributed by atoms with E-state index in [1.54, 1.807) is 7.05 Å². The summed E-state index contributed by atoms with van der Waals surface area (Å²) in [4.78, 5) is 11.6. The Bertz CT molecular complexity index is 444. The molecule has 2 N–H and O–H groups in total. The Morgan fingerprint density at radius 1 is 1.41 bits per heavy atom. The van der Waals surface area contributed by atoms with Gasteiger partial charge < -0.3 is 10.6 Å². The van der Waals surface area contributed by atoms with Gasteiger partial charge in [-0.2, -0.15) is 0 Å². The molecule has 0 bridgehead atoms. The summed E-state index contributed by atoms with van der Waals surface area (Å²) in [5, 5.41) is 6.03. The van der Waals surface area contributed by atoms with E-state index in [0.29, 0.717) is 24.4 Å². The molecule has 3 unspecified atom stereocenters. The monoisotopic (exact) mass is 230 g/mol. The van der Waals surface area contributed by atoms with Crippen molar-refractivity contribution in [1.82, 2.24) is 10.6 Å². The van der Waals surface area contributed by atoms with E-state index in [4.69, 9.17) is 0 Å². The molecule has 0 radical (unpaired) electrons. The van der Waals surface area contributed by atoms with Crippen molar-refractivity contribution in [2.75, 3.05) is 13.6 Å². The molecule has 0 heterocycles. The molecule has 17 heavy (non-hydrogen) atoms. The van der Waals surface area contributed by atoms with Gasteiger partial charge in [-0.1, -0.05) is 24.3 Å². The van der Waals surface area contributed by atoms with E-state index in [1.165, 1.54) is 17.5 Å². The number of likely N-dealkylation sites (N-methyl/N-ethyl adjacent to an activating group) is 1. The van der Waals surface area contributed by atoms with Crippen LogP contribution in [0.25, 0.3) is 0 Å². The molecule has 1 saturated carbocycles. The molecule has 1 aromatic carbocycles. The van der Waals surface area contributed by atoms with Gasteiger partial charge in [-0.05, 0) is 36.9 Å². The SMILES string of the molecule is CNCC(=O)NC1C2CCc3ccccc3C21. The minimum atomic E-state index is 0.115. The first-order valence-electron chi connectivity index (χ1n) is 6.33. The van der Waals surface area contributed by atoms with Crippen molar-refractivity contribution in [2.24, 2.45) is 5.92 Å². The fourth-order valence-electron chi connectivity index (χ4n) is 3.16. The van der Waals surface area contributed by atoms with Gasteiger partial charge >= 0.3 is 0 Å². The van der Waals surface area contributed by atoms with Crippen LogP contribution in [0.4, 0.5) is 0 Å². The smallest absolute Gasteiger partial charge is 0.234 e. The Morgan fingerprint density at radius 2 is 2.24 bits per heavy atom. The third kappa shape index (κ3) is 1.84. The first-order valence-corrected chi connectivity index (χ1v) is 6.33. The number of rotatable bonds is 3. The molecule has 3 atom stereocenters. The summed E-state index contributed by atoms with van der Waals surface area (Å²) in [5.41, 5.74) is 2.93. The van der Waals surface area contributed by atoms with Crippen molar-refractivity contribution in [2.45, 2.75) is 24.8 Å². The minimum absolute atomic E-state index is 0.115. The second kappa shape index (κ2) is 4.15. The van der Waals surface area contributed by atoms with Crippen LogP contribution in [0.2, 0.25) is 0 Å². The van der Waals surface area contributed by atoms with Crippen molar-refractivity contribution in [3.8, 4) is 0 Å². The van der Waals surface area contributed by atoms with Crippen LogP contribution in [0, 0.1) is 5.92 Å². The van der Waals surface area contributed by atoms with Crippen LogP contribution < -0.4 is 10.6 Å². The lowest BCUT2D eigenvalue weighted by atomic mass is 9.92. The number of fused-ring (bicyclic) bond motifs is 3. The molecule has 0 aliphatic heterocycles. The van der Waals surface area contributed by atoms with Crippen molar-refractivity contribution in [3.63, 3.8) is 0 Å². The van der Waals surface area contributed by atoms with Crippen LogP contribution in [0.5, 0.6) is 0 Å². The van der Waals surface area contributed by atoms with Crippen molar-refractivity contribution in [1.29, 1.82) is 0 Å². The molecule has 3 nitrogen and oxygen atoms in total. The summed E-state index contributed by atoms with van der Waals surface area (Å²) < 4.78 is 0. The summed E-state index contributed by atoms with van der Waals surface area (Å²) in [5.74, 6) is 1.36. The van der Waals surface area contributed by atoms with Gasteiger partial charge in [0.05, 0.1) is 6.54 Å². The quantitative estimate of drug-likeness (QED) is 0.815. The highest BCUT2D eigenvalue weighted by atomic mass is 16.2. The summed E-state index contributed by atoms with van der Waals surface area (Å²) in [6, 6.07) is 9.02. The second-order valence-electron chi connectivity index (χ2n) is 5.05. The second-order valence-corrected chi connectivity index (χ2v) is 5.05. The van der Waals surface area contributed by atoms with Crippen molar-refractivity contribution in [3.05, 3.63) is 35.4 Å². The number of carbonyl (C=O) groups excluding carboxylic acids is 1. The van der Waals surface area contributed by atoms with Gasteiger partial charge in [0.1, 0.15) is 0 Å². The molecule has 90 valence electrons. The molecule has 3 rings (SSSR count). The van der Waals surface area contributed by atoms with Crippen LogP contribution in [0.15, 0.2) is 24.3 Å². The van der Waals surface area contributed by atoms with Gasteiger partial charge in [-0.3, -0.25) is 4.79 Å². The average molecular weight is 230 g/mol. The van der Waals surface area contributed by atoms with Gasteiger partial charge in [0.15, 0.2) is 0 Å². The lowest BCUT2D eigenvalue weighted by Crippen LogP contribution is -2.34. The van der Waals surface area contributed by atoms with Crippen LogP contribution in [-0.4, -0.2) is 25.5 Å². The zero-order valence-electron chi connectivity index (χ0n) is 10.1. The Hall–Kier alpha value is -1.35. The van der Waals surface area contributed by atoms with Gasteiger partial charge in [0, 0.05) is 12.0 Å². The van der Waals surface area contributed by atoms with Crippen LogP contribution in [0.3, 0.4) is 0 Å². The minimum Gasteiger partial charge on any atom is -0.351 e.